The minimum Gasteiger partial charge on any atom is -1.00 e. The van der Waals surface area contributed by atoms with E-state index in [2.05, 4.69) is 11.9 Å². The van der Waals surface area contributed by atoms with E-state index in [4.69, 9.17) is 9.84 Å². The largest absolute Gasteiger partial charge is 1.00 e. The van der Waals surface area contributed by atoms with E-state index in [9.17, 15) is 19.1 Å². The van der Waals surface area contributed by atoms with Gasteiger partial charge in [-0.25, -0.2) is 4.39 Å². The lowest BCUT2D eigenvalue weighted by Gasteiger charge is -2.57. The van der Waals surface area contributed by atoms with Gasteiger partial charge in [-0.05, 0) is 74.5 Å². The topological polar surface area (TPSA) is 87.1 Å². The number of likely N-dealkylation sites (N-methyl/N-ethyl adjacent to an activating group) is 1. The predicted molar refractivity (Wildman–Crippen MR) is 146 cm³/mol. The molecule has 0 amide bonds. The van der Waals surface area contributed by atoms with Crippen LogP contribution in [0, 0.1) is 11.7 Å². The quantitative estimate of drug-likeness (QED) is 0.507. The average Bonchev–Trinajstić information content (AvgIpc) is 3.30. The number of carboxylic acids is 1. The number of hydrogen-bond acceptors (Lipinski definition) is 5. The van der Waals surface area contributed by atoms with Gasteiger partial charge in [0.05, 0.1) is 5.92 Å². The number of halogens is 2. The van der Waals surface area contributed by atoms with E-state index in [0.717, 1.165) is 36.9 Å². The molecule has 2 aliphatic heterocycles. The van der Waals surface area contributed by atoms with Crippen molar-refractivity contribution in [2.24, 2.45) is 5.92 Å². The third kappa shape index (κ3) is 4.27. The van der Waals surface area contributed by atoms with Crippen LogP contribution in [-0.2, 0) is 21.4 Å². The molecular weight excluding hydrogens is 533 g/mol. The zero-order chi connectivity index (χ0) is 27.5. The first kappa shape index (κ1) is 28.1. The molecule has 2 heterocycles. The van der Waals surface area contributed by atoms with Crippen molar-refractivity contribution in [2.45, 2.75) is 56.1 Å². The van der Waals surface area contributed by atoms with Gasteiger partial charge in [0.2, 0.25) is 0 Å². The number of carbonyl (C=O) groups is 2. The summed E-state index contributed by atoms with van der Waals surface area (Å²) in [5.74, 6) is -0.562. The highest BCUT2D eigenvalue weighted by Crippen LogP contribution is 2.62. The summed E-state index contributed by atoms with van der Waals surface area (Å²) < 4.78 is 20.0. The van der Waals surface area contributed by atoms with Crippen LogP contribution in [0.2, 0.25) is 0 Å². The third-order valence-corrected chi connectivity index (χ3v) is 9.33. The average molecular weight is 566 g/mol. The van der Waals surface area contributed by atoms with Crippen LogP contribution in [0.3, 0.4) is 0 Å². The van der Waals surface area contributed by atoms with Gasteiger partial charge in [0.15, 0.2) is 23.4 Å². The van der Waals surface area contributed by atoms with Gasteiger partial charge in [-0.2, -0.15) is 0 Å². The van der Waals surface area contributed by atoms with Gasteiger partial charge in [-0.3, -0.25) is 9.59 Å². The number of nitrogens with zero attached hydrogens (tertiary/aromatic N) is 1. The maximum atomic E-state index is 14.0. The molecule has 40 heavy (non-hydrogen) atoms. The Hall–Kier alpha value is -3.42. The predicted octanol–water partition coefficient (Wildman–Crippen LogP) is 2.43. The highest BCUT2D eigenvalue weighted by Gasteiger charge is 2.65. The maximum absolute atomic E-state index is 14.0. The zero-order valence-corrected chi connectivity index (χ0v) is 23.2. The van der Waals surface area contributed by atoms with Crippen LogP contribution in [0.15, 0.2) is 60.7 Å². The van der Waals surface area contributed by atoms with E-state index in [1.54, 1.807) is 25.1 Å². The van der Waals surface area contributed by atoms with Crippen molar-refractivity contribution in [1.82, 2.24) is 4.90 Å². The van der Waals surface area contributed by atoms with E-state index in [0.29, 0.717) is 35.3 Å². The smallest absolute Gasteiger partial charge is 1.00 e. The van der Waals surface area contributed by atoms with E-state index in [1.807, 2.05) is 36.4 Å². The van der Waals surface area contributed by atoms with Crippen molar-refractivity contribution in [2.75, 3.05) is 13.6 Å². The van der Waals surface area contributed by atoms with E-state index < -0.39 is 17.7 Å². The Morgan fingerprint density at radius 3 is 2.62 bits per heavy atom. The second-order valence-electron chi connectivity index (χ2n) is 11.3. The van der Waals surface area contributed by atoms with Crippen molar-refractivity contribution >= 4 is 11.8 Å². The number of carbonyl (C=O) groups excluding carboxylic acids is 1. The molecule has 2 N–H and O–H groups in total. The van der Waals surface area contributed by atoms with Crippen molar-refractivity contribution in [3.05, 3.63) is 83.2 Å². The Balaban J connectivity index is 0.000000183. The Kier molecular flexibility index (Phi) is 7.40. The second-order valence-corrected chi connectivity index (χ2v) is 11.3. The van der Waals surface area contributed by atoms with Crippen LogP contribution < -0.4 is 17.1 Å². The first-order valence-corrected chi connectivity index (χ1v) is 13.5. The number of Topliss-reactive ketones (excluding diaryl/α,β-unsaturated/α-hetero) is 1. The number of aromatic hydroxyl groups is 1. The van der Waals surface area contributed by atoms with Crippen LogP contribution >= 0.6 is 0 Å². The first-order valence-electron chi connectivity index (χ1n) is 13.5. The number of carboxylic acid groups (broad SMARTS) is 1. The standard InChI is InChI=1S/C17H19NO3.C15H13FO2.ClH/c1-18-7-6-17-10-3-5-13(20)16(17)21-15-12(19)4-2-9(14(15)17)8-11(10)18;1-10(15(17)18)12-7-8-13(14(16)9-12)11-5-3-2-4-6-11;/h2,4,10-11,16,19H,3,5-8H2,1H3;2-10H,1H3,(H,17,18);1H/t10-,11+,16-,17-;;/m0../s1. The molecule has 5 atom stereocenters. The fourth-order valence-electron chi connectivity index (χ4n) is 7.32. The molecule has 2 fully saturated rings. The highest BCUT2D eigenvalue weighted by atomic mass is 35.5. The van der Waals surface area contributed by atoms with Crippen molar-refractivity contribution in [1.29, 1.82) is 0 Å². The van der Waals surface area contributed by atoms with Crippen molar-refractivity contribution in [3.63, 3.8) is 0 Å². The number of ketones is 1. The summed E-state index contributed by atoms with van der Waals surface area (Å²) in [5.41, 5.74) is 4.00. The Labute approximate surface area is 240 Å². The lowest BCUT2D eigenvalue weighted by Crippen LogP contribution is -3.00. The molecule has 8 heteroatoms. The van der Waals surface area contributed by atoms with E-state index in [-0.39, 0.29) is 36.9 Å². The molecule has 210 valence electrons. The van der Waals surface area contributed by atoms with Crippen LogP contribution in [0.4, 0.5) is 4.39 Å². The van der Waals surface area contributed by atoms with Gasteiger partial charge in [0, 0.05) is 29.0 Å². The minimum absolute atomic E-state index is 0. The lowest BCUT2D eigenvalue weighted by atomic mass is 9.52. The number of likely N-dealkylation sites (tertiary alicyclic amines) is 1. The number of benzene rings is 3. The highest BCUT2D eigenvalue weighted by molar-refractivity contribution is 5.89. The molecular formula is C32H33ClFNO5. The molecule has 6 nitrogen and oxygen atoms in total. The molecule has 2 aliphatic carbocycles. The Bertz CT molecular complexity index is 1470. The first-order chi connectivity index (χ1) is 18.7. The minimum atomic E-state index is -0.957. The molecule has 4 aliphatic rings. The summed E-state index contributed by atoms with van der Waals surface area (Å²) in [5, 5.41) is 19.1. The summed E-state index contributed by atoms with van der Waals surface area (Å²) in [7, 11) is 2.20. The molecule has 1 saturated carbocycles. The molecule has 2 bridgehead atoms. The SMILES string of the molecule is CC(C(=O)O)c1ccc(-c2ccccc2)c(F)c1.CN1CC[C@]23c4c5ccc(O)c4O[C@H]2C(=O)CC[C@H]3[C@H]1C5.[Cl-].[H+]. The molecule has 1 saturated heterocycles. The van der Waals surface area contributed by atoms with Gasteiger partial charge in [0.1, 0.15) is 5.82 Å². The van der Waals surface area contributed by atoms with Crippen molar-refractivity contribution in [3.8, 4) is 22.6 Å². The number of phenolic OH excluding ortho intramolecular Hbond substituents is 1. The number of ether oxygens (including phenoxy) is 1. The molecule has 3 aromatic carbocycles. The fourth-order valence-corrected chi connectivity index (χ4v) is 7.32. The third-order valence-electron chi connectivity index (χ3n) is 9.33. The number of rotatable bonds is 3. The summed E-state index contributed by atoms with van der Waals surface area (Å²) in [6, 6.07) is 18.0. The molecule has 0 aromatic heterocycles. The van der Waals surface area contributed by atoms with E-state index >= 15 is 0 Å². The van der Waals surface area contributed by atoms with Gasteiger partial charge in [-0.15, -0.1) is 0 Å². The van der Waals surface area contributed by atoms with Crippen molar-refractivity contribution < 1.29 is 42.8 Å². The number of aliphatic carboxylic acids is 1. The molecule has 1 unspecified atom stereocenters. The van der Waals surface area contributed by atoms with Gasteiger partial charge in [-0.1, -0.05) is 48.5 Å². The number of phenols is 1. The normalized spacial score (nSPS) is 26.4. The fraction of sp³-hybridized carbons (Fsp3) is 0.375. The summed E-state index contributed by atoms with van der Waals surface area (Å²) in [4.78, 5) is 25.8. The van der Waals surface area contributed by atoms with Gasteiger partial charge < -0.3 is 32.3 Å². The van der Waals surface area contributed by atoms with Gasteiger partial charge in [0.25, 0.3) is 0 Å². The molecule has 7 rings (SSSR count). The lowest BCUT2D eigenvalue weighted by molar-refractivity contribution is -0.139. The van der Waals surface area contributed by atoms with Crippen LogP contribution in [0.1, 0.15) is 50.2 Å². The van der Waals surface area contributed by atoms with Crippen LogP contribution in [-0.4, -0.2) is 52.6 Å². The summed E-state index contributed by atoms with van der Waals surface area (Å²) in [6.07, 6.45) is 3.18. The van der Waals surface area contributed by atoms with E-state index in [1.165, 1.54) is 11.6 Å². The monoisotopic (exact) mass is 565 g/mol. The maximum Gasteiger partial charge on any atom is 1.00 e. The summed E-state index contributed by atoms with van der Waals surface area (Å²) in [6.45, 7) is 2.54. The van der Waals surface area contributed by atoms with Crippen LogP contribution in [0.5, 0.6) is 11.5 Å². The number of piperidine rings is 1. The Morgan fingerprint density at radius 1 is 1.18 bits per heavy atom. The molecule has 3 aromatic rings. The molecule has 1 spiro atoms. The summed E-state index contributed by atoms with van der Waals surface area (Å²) >= 11 is 0. The Morgan fingerprint density at radius 2 is 1.93 bits per heavy atom. The zero-order valence-electron chi connectivity index (χ0n) is 23.4. The van der Waals surface area contributed by atoms with Gasteiger partial charge >= 0.3 is 7.40 Å². The van der Waals surface area contributed by atoms with Crippen LogP contribution in [0.25, 0.3) is 11.1 Å². The molecule has 0 radical (unpaired) electrons. The second kappa shape index (κ2) is 10.5. The number of hydrogen-bond donors (Lipinski definition) is 2.